The number of amides is 1. The second-order valence-corrected chi connectivity index (χ2v) is 7.10. The monoisotopic (exact) mass is 360 g/mol. The fourth-order valence-corrected chi connectivity index (χ4v) is 4.13. The third-order valence-electron chi connectivity index (χ3n) is 4.18. The molecule has 1 aromatic rings. The highest BCUT2D eigenvalue weighted by Crippen LogP contribution is 2.35. The smallest absolute Gasteiger partial charge is 0.305 e. The molecule has 0 radical (unpaired) electrons. The molecule has 2 atom stereocenters. The lowest BCUT2D eigenvalue weighted by Gasteiger charge is -2.27. The second-order valence-electron chi connectivity index (χ2n) is 5.93. The van der Waals surface area contributed by atoms with Gasteiger partial charge in [0.15, 0.2) is 5.17 Å². The molecule has 1 aliphatic carbocycles. The van der Waals surface area contributed by atoms with Gasteiger partial charge >= 0.3 is 5.97 Å². The Morgan fingerprint density at radius 1 is 1.40 bits per heavy atom. The van der Waals surface area contributed by atoms with E-state index in [1.54, 1.807) is 24.1 Å². The van der Waals surface area contributed by atoms with Crippen LogP contribution in [0.4, 0.5) is 5.69 Å². The zero-order valence-corrected chi connectivity index (χ0v) is 14.7. The Hall–Kier alpha value is -2.28. The van der Waals surface area contributed by atoms with Gasteiger partial charge < -0.3 is 9.84 Å². The quantitative estimate of drug-likeness (QED) is 0.816. The largest absolute Gasteiger partial charge is 0.497 e. The van der Waals surface area contributed by atoms with Gasteiger partial charge in [0.1, 0.15) is 11.0 Å². The van der Waals surface area contributed by atoms with E-state index in [0.29, 0.717) is 10.9 Å². The number of rotatable bonds is 5. The second kappa shape index (κ2) is 7.74. The fraction of sp³-hybridized carbons (Fsp3) is 0.389. The minimum atomic E-state index is -0.976. The average Bonchev–Trinajstić information content (AvgIpc) is 2.91. The number of carbonyl (C=O) groups excluding carboxylic acids is 1. The molecule has 1 amide bonds. The summed E-state index contributed by atoms with van der Waals surface area (Å²) in [6, 6.07) is 7.19. The van der Waals surface area contributed by atoms with E-state index in [9.17, 15) is 9.59 Å². The first-order valence-corrected chi connectivity index (χ1v) is 9.07. The van der Waals surface area contributed by atoms with Gasteiger partial charge in [-0.15, -0.1) is 0 Å². The Balaban J connectivity index is 1.90. The van der Waals surface area contributed by atoms with Gasteiger partial charge in [-0.25, -0.2) is 4.99 Å². The van der Waals surface area contributed by atoms with Crippen LogP contribution in [-0.2, 0) is 9.59 Å². The molecule has 0 spiro atoms. The van der Waals surface area contributed by atoms with Crippen LogP contribution >= 0.6 is 11.8 Å². The number of thioether (sulfide) groups is 1. The van der Waals surface area contributed by atoms with Crippen LogP contribution in [0.2, 0.25) is 0 Å². The molecule has 132 valence electrons. The number of allylic oxidation sites excluding steroid dienone is 1. The van der Waals surface area contributed by atoms with Gasteiger partial charge in [0, 0.05) is 0 Å². The van der Waals surface area contributed by atoms with Gasteiger partial charge in [0.2, 0.25) is 5.91 Å². The lowest BCUT2D eigenvalue weighted by Crippen LogP contribution is -2.41. The number of benzene rings is 1. The summed E-state index contributed by atoms with van der Waals surface area (Å²) in [7, 11) is 1.60. The number of aliphatic imine (C=N–C) groups is 1. The topological polar surface area (TPSA) is 79.2 Å². The molecule has 7 heteroatoms. The molecule has 1 heterocycles. The van der Waals surface area contributed by atoms with Crippen molar-refractivity contribution in [2.24, 2.45) is 4.99 Å². The van der Waals surface area contributed by atoms with E-state index in [1.807, 2.05) is 18.2 Å². The molecule has 2 unspecified atom stereocenters. The summed E-state index contributed by atoms with van der Waals surface area (Å²) in [6.45, 7) is 0. The zero-order valence-electron chi connectivity index (χ0n) is 13.9. The number of hydrogen-bond acceptors (Lipinski definition) is 5. The van der Waals surface area contributed by atoms with Crippen molar-refractivity contribution in [1.82, 2.24) is 4.90 Å². The summed E-state index contributed by atoms with van der Waals surface area (Å²) in [5.41, 5.74) is 0.705. The number of carboxylic acid groups (broad SMARTS) is 1. The molecule has 1 N–H and O–H groups in total. The average molecular weight is 360 g/mol. The third-order valence-corrected chi connectivity index (χ3v) is 5.34. The first-order chi connectivity index (χ1) is 12.1. The van der Waals surface area contributed by atoms with Crippen molar-refractivity contribution < 1.29 is 19.4 Å². The van der Waals surface area contributed by atoms with E-state index in [-0.39, 0.29) is 18.4 Å². The highest BCUT2D eigenvalue weighted by atomic mass is 32.2. The van der Waals surface area contributed by atoms with Crippen molar-refractivity contribution in [2.45, 2.75) is 37.0 Å². The maximum absolute atomic E-state index is 12.7. The molecular formula is C18H20N2O4S. The van der Waals surface area contributed by atoms with E-state index in [2.05, 4.69) is 11.1 Å². The highest BCUT2D eigenvalue weighted by molar-refractivity contribution is 8.15. The van der Waals surface area contributed by atoms with E-state index >= 15 is 0 Å². The molecule has 6 nitrogen and oxygen atoms in total. The predicted molar refractivity (Wildman–Crippen MR) is 97.3 cm³/mol. The van der Waals surface area contributed by atoms with Crippen molar-refractivity contribution in [1.29, 1.82) is 0 Å². The summed E-state index contributed by atoms with van der Waals surface area (Å²) >= 11 is 1.23. The minimum Gasteiger partial charge on any atom is -0.497 e. The Bertz CT molecular complexity index is 714. The van der Waals surface area contributed by atoms with Crippen LogP contribution in [0.5, 0.6) is 5.75 Å². The molecule has 1 fully saturated rings. The molecule has 0 aromatic heterocycles. The molecular weight excluding hydrogens is 340 g/mol. The maximum Gasteiger partial charge on any atom is 0.305 e. The number of carbonyl (C=O) groups is 2. The first-order valence-electron chi connectivity index (χ1n) is 8.19. The number of ether oxygens (including phenoxy) is 1. The van der Waals surface area contributed by atoms with E-state index in [4.69, 9.17) is 9.84 Å². The predicted octanol–water partition coefficient (Wildman–Crippen LogP) is 3.21. The van der Waals surface area contributed by atoms with E-state index in [1.165, 1.54) is 11.8 Å². The van der Waals surface area contributed by atoms with Gasteiger partial charge in [0.25, 0.3) is 0 Å². The number of nitrogens with zero attached hydrogens (tertiary/aromatic N) is 2. The number of methoxy groups -OCH3 is 1. The van der Waals surface area contributed by atoms with Crippen LogP contribution in [-0.4, -0.2) is 45.5 Å². The molecule has 3 rings (SSSR count). The van der Waals surface area contributed by atoms with Crippen molar-refractivity contribution in [2.75, 3.05) is 7.11 Å². The van der Waals surface area contributed by atoms with E-state index < -0.39 is 11.2 Å². The Kier molecular flexibility index (Phi) is 5.43. The first kappa shape index (κ1) is 17.5. The number of carboxylic acids is 1. The van der Waals surface area contributed by atoms with Gasteiger partial charge in [0.05, 0.1) is 25.3 Å². The molecule has 0 saturated carbocycles. The van der Waals surface area contributed by atoms with Crippen LogP contribution in [0, 0.1) is 0 Å². The minimum absolute atomic E-state index is 0.0513. The molecule has 2 aliphatic rings. The van der Waals surface area contributed by atoms with Crippen molar-refractivity contribution in [3.8, 4) is 5.75 Å². The Morgan fingerprint density at radius 3 is 2.76 bits per heavy atom. The van der Waals surface area contributed by atoms with Gasteiger partial charge in [-0.3, -0.25) is 14.5 Å². The van der Waals surface area contributed by atoms with Gasteiger partial charge in [-0.2, -0.15) is 0 Å². The lowest BCUT2D eigenvalue weighted by atomic mass is 10.0. The molecule has 1 saturated heterocycles. The van der Waals surface area contributed by atoms with Crippen molar-refractivity contribution in [3.63, 3.8) is 0 Å². The van der Waals surface area contributed by atoms with Crippen molar-refractivity contribution in [3.05, 3.63) is 36.4 Å². The van der Waals surface area contributed by atoms with Crippen LogP contribution in [0.25, 0.3) is 0 Å². The normalized spacial score (nSPS) is 24.8. The number of amidine groups is 1. The Morgan fingerprint density at radius 2 is 2.16 bits per heavy atom. The highest BCUT2D eigenvalue weighted by Gasteiger charge is 2.42. The SMILES string of the molecule is COc1ccc(N=C2SC(CC(=O)O)C(=O)N2C2C=CCCC2)cc1. The zero-order chi connectivity index (χ0) is 17.8. The van der Waals surface area contributed by atoms with Crippen LogP contribution in [0.15, 0.2) is 41.4 Å². The molecule has 25 heavy (non-hydrogen) atoms. The molecule has 0 bridgehead atoms. The van der Waals surface area contributed by atoms with E-state index in [0.717, 1.165) is 25.0 Å². The summed E-state index contributed by atoms with van der Waals surface area (Å²) in [5, 5.41) is 9.02. The summed E-state index contributed by atoms with van der Waals surface area (Å²) in [5.74, 6) is -0.415. The number of hydrogen-bond donors (Lipinski definition) is 1. The van der Waals surface area contributed by atoms with Crippen LogP contribution in [0.1, 0.15) is 25.7 Å². The van der Waals surface area contributed by atoms with Crippen LogP contribution in [0.3, 0.4) is 0 Å². The summed E-state index contributed by atoms with van der Waals surface area (Å²) in [4.78, 5) is 30.1. The fourth-order valence-electron chi connectivity index (χ4n) is 2.93. The standard InChI is InChI=1S/C18H20N2O4S/c1-24-14-9-7-12(8-10-14)19-18-20(13-5-3-2-4-6-13)17(23)15(25-18)11-16(21)22/h3,5,7-10,13,15H,2,4,6,11H2,1H3,(H,21,22). The number of aliphatic carboxylic acids is 1. The third kappa shape index (κ3) is 4.04. The summed E-state index contributed by atoms with van der Waals surface area (Å²) < 4.78 is 5.14. The summed E-state index contributed by atoms with van der Waals surface area (Å²) in [6.07, 6.45) is 6.78. The lowest BCUT2D eigenvalue weighted by molar-refractivity contribution is -0.139. The molecule has 1 aromatic carbocycles. The van der Waals surface area contributed by atoms with Gasteiger partial charge in [-0.1, -0.05) is 23.9 Å². The van der Waals surface area contributed by atoms with Gasteiger partial charge in [-0.05, 0) is 43.5 Å². The molecule has 1 aliphatic heterocycles. The maximum atomic E-state index is 12.7. The van der Waals surface area contributed by atoms with Crippen LogP contribution < -0.4 is 4.74 Å². The Labute approximate surface area is 150 Å². The van der Waals surface area contributed by atoms with Crippen molar-refractivity contribution >= 4 is 34.5 Å².